The SMILES string of the molecule is O=C(CSc1ccc(C(F)(F)F)cn1)Nc1cc(C(F)(F)F)ccc1Cl. The Balaban J connectivity index is 1.99. The normalized spacial score (nSPS) is 12.1. The van der Waals surface area contributed by atoms with Crippen LogP contribution in [0.1, 0.15) is 11.1 Å². The zero-order valence-electron chi connectivity index (χ0n) is 12.6. The van der Waals surface area contributed by atoms with Gasteiger partial charge in [0.15, 0.2) is 0 Å². The summed E-state index contributed by atoms with van der Waals surface area (Å²) in [4.78, 5) is 15.4. The van der Waals surface area contributed by atoms with Crippen molar-refractivity contribution in [3.63, 3.8) is 0 Å². The smallest absolute Gasteiger partial charge is 0.324 e. The van der Waals surface area contributed by atoms with Gasteiger partial charge in [-0.25, -0.2) is 4.98 Å². The molecule has 140 valence electrons. The average molecular weight is 415 g/mol. The Morgan fingerprint density at radius 1 is 1.04 bits per heavy atom. The molecule has 0 radical (unpaired) electrons. The molecule has 2 aromatic rings. The zero-order chi connectivity index (χ0) is 19.5. The lowest BCUT2D eigenvalue weighted by Crippen LogP contribution is -2.15. The zero-order valence-corrected chi connectivity index (χ0v) is 14.2. The third-order valence-corrected chi connectivity index (χ3v) is 4.26. The second kappa shape index (κ2) is 7.75. The lowest BCUT2D eigenvalue weighted by atomic mass is 10.2. The van der Waals surface area contributed by atoms with E-state index in [1.165, 1.54) is 0 Å². The van der Waals surface area contributed by atoms with Gasteiger partial charge in [-0.15, -0.1) is 0 Å². The van der Waals surface area contributed by atoms with Gasteiger partial charge in [-0.05, 0) is 30.3 Å². The predicted molar refractivity (Wildman–Crippen MR) is 85.0 cm³/mol. The number of aromatic nitrogens is 1. The first kappa shape index (κ1) is 20.4. The first-order valence-corrected chi connectivity index (χ1v) is 8.16. The maximum atomic E-state index is 12.7. The van der Waals surface area contributed by atoms with Gasteiger partial charge < -0.3 is 5.32 Å². The Bertz CT molecular complexity index is 792. The molecule has 1 heterocycles. The second-order valence-electron chi connectivity index (χ2n) is 4.91. The fraction of sp³-hybridized carbons (Fsp3) is 0.200. The van der Waals surface area contributed by atoms with Gasteiger partial charge >= 0.3 is 12.4 Å². The third-order valence-electron chi connectivity index (χ3n) is 2.98. The van der Waals surface area contributed by atoms with Gasteiger partial charge in [0.2, 0.25) is 5.91 Å². The van der Waals surface area contributed by atoms with Crippen LogP contribution in [0.4, 0.5) is 32.0 Å². The molecule has 0 aliphatic rings. The quantitative estimate of drug-likeness (QED) is 0.530. The van der Waals surface area contributed by atoms with Gasteiger partial charge in [0.25, 0.3) is 0 Å². The lowest BCUT2D eigenvalue weighted by Gasteiger charge is -2.11. The van der Waals surface area contributed by atoms with Crippen LogP contribution in [0.5, 0.6) is 0 Å². The summed E-state index contributed by atoms with van der Waals surface area (Å²) < 4.78 is 75.3. The Hall–Kier alpha value is -1.94. The van der Waals surface area contributed by atoms with Crippen molar-refractivity contribution in [3.05, 3.63) is 52.7 Å². The first-order valence-electron chi connectivity index (χ1n) is 6.79. The van der Waals surface area contributed by atoms with Gasteiger partial charge in [-0.3, -0.25) is 4.79 Å². The topological polar surface area (TPSA) is 42.0 Å². The molecule has 0 fully saturated rings. The van der Waals surface area contributed by atoms with Crippen LogP contribution in [0.2, 0.25) is 5.02 Å². The summed E-state index contributed by atoms with van der Waals surface area (Å²) in [6, 6.07) is 4.39. The Labute approximate surface area is 152 Å². The Morgan fingerprint density at radius 2 is 1.65 bits per heavy atom. The standard InChI is InChI=1S/C15H9ClF6N2OS/c16-10-3-1-8(14(17,18)19)5-11(10)24-12(25)7-26-13-4-2-9(6-23-13)15(20,21)22/h1-6H,7H2,(H,24,25). The van der Waals surface area contributed by atoms with Crippen LogP contribution in [0.15, 0.2) is 41.6 Å². The molecule has 1 amide bonds. The minimum absolute atomic E-state index is 0.0796. The molecule has 0 bridgehead atoms. The number of carbonyl (C=O) groups is 1. The molecule has 0 unspecified atom stereocenters. The summed E-state index contributed by atoms with van der Waals surface area (Å²) in [5, 5.41) is 2.31. The molecule has 0 spiro atoms. The Kier molecular flexibility index (Phi) is 6.07. The van der Waals surface area contributed by atoms with Crippen LogP contribution < -0.4 is 5.32 Å². The third kappa shape index (κ3) is 5.53. The average Bonchev–Trinajstić information content (AvgIpc) is 2.53. The van der Waals surface area contributed by atoms with E-state index < -0.39 is 29.4 Å². The monoisotopic (exact) mass is 414 g/mol. The minimum atomic E-state index is -4.59. The van der Waals surface area contributed by atoms with E-state index in [-0.39, 0.29) is 21.5 Å². The first-order chi connectivity index (χ1) is 12.0. The number of hydrogen-bond donors (Lipinski definition) is 1. The summed E-state index contributed by atoms with van der Waals surface area (Å²) in [5.74, 6) is -0.955. The largest absolute Gasteiger partial charge is 0.417 e. The molecule has 26 heavy (non-hydrogen) atoms. The molecule has 0 aliphatic carbocycles. The van der Waals surface area contributed by atoms with E-state index >= 15 is 0 Å². The minimum Gasteiger partial charge on any atom is -0.324 e. The van der Waals surface area contributed by atoms with Crippen molar-refractivity contribution in [2.75, 3.05) is 11.1 Å². The number of pyridine rings is 1. The number of rotatable bonds is 4. The summed E-state index contributed by atoms with van der Waals surface area (Å²) >= 11 is 6.59. The van der Waals surface area contributed by atoms with Crippen molar-refractivity contribution in [1.29, 1.82) is 0 Å². The van der Waals surface area contributed by atoms with E-state index in [1.54, 1.807) is 0 Å². The van der Waals surface area contributed by atoms with Crippen LogP contribution in [0.25, 0.3) is 0 Å². The summed E-state index contributed by atoms with van der Waals surface area (Å²) in [5.41, 5.74) is -2.12. The van der Waals surface area contributed by atoms with E-state index in [2.05, 4.69) is 10.3 Å². The summed E-state index contributed by atoms with van der Waals surface area (Å²) in [6.07, 6.45) is -8.49. The lowest BCUT2D eigenvalue weighted by molar-refractivity contribution is -0.138. The van der Waals surface area contributed by atoms with Crippen LogP contribution in [-0.2, 0) is 17.1 Å². The molecule has 0 saturated heterocycles. The molecule has 3 nitrogen and oxygen atoms in total. The van der Waals surface area contributed by atoms with Crippen LogP contribution in [-0.4, -0.2) is 16.6 Å². The van der Waals surface area contributed by atoms with Crippen molar-refractivity contribution in [2.24, 2.45) is 0 Å². The summed E-state index contributed by atoms with van der Waals surface area (Å²) in [7, 11) is 0. The second-order valence-corrected chi connectivity index (χ2v) is 6.31. The molecule has 0 aliphatic heterocycles. The fourth-order valence-electron chi connectivity index (χ4n) is 1.76. The highest BCUT2D eigenvalue weighted by molar-refractivity contribution is 7.99. The van der Waals surface area contributed by atoms with Gasteiger partial charge in [0, 0.05) is 6.20 Å². The highest BCUT2D eigenvalue weighted by Crippen LogP contribution is 2.34. The molecule has 0 atom stereocenters. The number of benzene rings is 1. The number of nitrogens with zero attached hydrogens (tertiary/aromatic N) is 1. The maximum absolute atomic E-state index is 12.7. The molecule has 1 aromatic carbocycles. The molecular weight excluding hydrogens is 406 g/mol. The highest BCUT2D eigenvalue weighted by atomic mass is 35.5. The molecule has 0 saturated carbocycles. The molecule has 2 rings (SSSR count). The fourth-order valence-corrected chi connectivity index (χ4v) is 2.56. The molecule has 1 aromatic heterocycles. The number of anilines is 1. The Morgan fingerprint density at radius 3 is 2.19 bits per heavy atom. The van der Waals surface area contributed by atoms with E-state index in [1.807, 2.05) is 0 Å². The summed E-state index contributed by atoms with van der Waals surface area (Å²) in [6.45, 7) is 0. The van der Waals surface area contributed by atoms with Crippen LogP contribution >= 0.6 is 23.4 Å². The van der Waals surface area contributed by atoms with E-state index in [9.17, 15) is 31.1 Å². The van der Waals surface area contributed by atoms with E-state index in [0.29, 0.717) is 12.3 Å². The van der Waals surface area contributed by atoms with Gasteiger partial charge in [-0.1, -0.05) is 23.4 Å². The number of nitrogens with one attached hydrogen (secondary N) is 1. The van der Waals surface area contributed by atoms with Crippen LogP contribution in [0, 0.1) is 0 Å². The van der Waals surface area contributed by atoms with E-state index in [0.717, 1.165) is 36.0 Å². The number of carbonyl (C=O) groups excluding carboxylic acids is 1. The van der Waals surface area contributed by atoms with Crippen LogP contribution in [0.3, 0.4) is 0 Å². The number of halogens is 7. The van der Waals surface area contributed by atoms with E-state index in [4.69, 9.17) is 11.6 Å². The van der Waals surface area contributed by atoms with Crippen molar-refractivity contribution in [2.45, 2.75) is 17.4 Å². The molecule has 11 heteroatoms. The van der Waals surface area contributed by atoms with Gasteiger partial charge in [0.1, 0.15) is 0 Å². The van der Waals surface area contributed by atoms with Crippen molar-refractivity contribution < 1.29 is 31.1 Å². The van der Waals surface area contributed by atoms with Crippen molar-refractivity contribution in [1.82, 2.24) is 4.98 Å². The maximum Gasteiger partial charge on any atom is 0.417 e. The number of thioether (sulfide) groups is 1. The van der Waals surface area contributed by atoms with Crippen molar-refractivity contribution >= 4 is 35.0 Å². The number of hydrogen-bond acceptors (Lipinski definition) is 3. The van der Waals surface area contributed by atoms with Crippen molar-refractivity contribution in [3.8, 4) is 0 Å². The molecule has 1 N–H and O–H groups in total. The molecular formula is C15H9ClF6N2OS. The number of amides is 1. The van der Waals surface area contributed by atoms with Gasteiger partial charge in [0.05, 0.1) is 32.6 Å². The van der Waals surface area contributed by atoms with Gasteiger partial charge in [-0.2, -0.15) is 26.3 Å². The highest BCUT2D eigenvalue weighted by Gasteiger charge is 2.31. The predicted octanol–water partition coefficient (Wildman–Crippen LogP) is 5.50. The number of alkyl halides is 6.